The van der Waals surface area contributed by atoms with Gasteiger partial charge in [-0.05, 0) is 26.7 Å². The second-order valence-corrected chi connectivity index (χ2v) is 7.75. The number of carbonyl (C=O) groups excluding carboxylic acids is 1. The minimum Gasteiger partial charge on any atom is -0.378 e. The number of nitrogens with one attached hydrogen (secondary N) is 1. The van der Waals surface area contributed by atoms with Crippen molar-refractivity contribution in [3.63, 3.8) is 0 Å². The predicted octanol–water partition coefficient (Wildman–Crippen LogP) is 1.62. The van der Waals surface area contributed by atoms with Crippen LogP contribution < -0.4 is 5.32 Å². The van der Waals surface area contributed by atoms with Crippen molar-refractivity contribution in [2.75, 3.05) is 45.9 Å². The van der Waals surface area contributed by atoms with Gasteiger partial charge in [0.25, 0.3) is 0 Å². The quantitative estimate of drug-likeness (QED) is 0.795. The zero-order chi connectivity index (χ0) is 17.2. The van der Waals surface area contributed by atoms with Crippen LogP contribution >= 0.6 is 0 Å². The van der Waals surface area contributed by atoms with Crippen LogP contribution in [0.4, 0.5) is 4.79 Å². The lowest BCUT2D eigenvalue weighted by Crippen LogP contribution is -2.60. The van der Waals surface area contributed by atoms with Crippen molar-refractivity contribution in [2.45, 2.75) is 50.9 Å². The molecule has 6 heteroatoms. The summed E-state index contributed by atoms with van der Waals surface area (Å²) in [5.41, 5.74) is 0.906. The van der Waals surface area contributed by atoms with E-state index in [1.807, 2.05) is 11.8 Å². The fraction of sp³-hybridized carbons (Fsp3) is 0.833. The van der Waals surface area contributed by atoms with Gasteiger partial charge in [0.2, 0.25) is 0 Å². The minimum atomic E-state index is -0.292. The van der Waals surface area contributed by atoms with Crippen LogP contribution in [0, 0.1) is 0 Å². The molecule has 2 atom stereocenters. The van der Waals surface area contributed by atoms with Crippen LogP contribution in [-0.2, 0) is 9.47 Å². The number of piperidine rings is 1. The van der Waals surface area contributed by atoms with Crippen molar-refractivity contribution in [3.8, 4) is 0 Å². The molecule has 3 rings (SSSR count). The van der Waals surface area contributed by atoms with Crippen LogP contribution in [0.1, 0.15) is 33.1 Å². The van der Waals surface area contributed by atoms with Crippen LogP contribution in [-0.4, -0.2) is 79.5 Å². The first-order valence-corrected chi connectivity index (χ1v) is 9.13. The first-order chi connectivity index (χ1) is 11.5. The van der Waals surface area contributed by atoms with Gasteiger partial charge in [-0.3, -0.25) is 4.90 Å². The SMILES string of the molecule is C=C(C)CN1CCC(NC(=O)N2C[C@@H](C)O[C@@]3(CCOC3)C2)CC1. The Hall–Kier alpha value is -1.11. The van der Waals surface area contributed by atoms with Crippen molar-refractivity contribution in [3.05, 3.63) is 12.2 Å². The summed E-state index contributed by atoms with van der Waals surface area (Å²) >= 11 is 0. The maximum atomic E-state index is 12.7. The Morgan fingerprint density at radius 1 is 1.38 bits per heavy atom. The highest BCUT2D eigenvalue weighted by molar-refractivity contribution is 5.74. The molecule has 3 saturated heterocycles. The Balaban J connectivity index is 1.49. The molecule has 0 aromatic rings. The zero-order valence-electron chi connectivity index (χ0n) is 15.1. The first-order valence-electron chi connectivity index (χ1n) is 9.13. The highest BCUT2D eigenvalue weighted by Gasteiger charge is 2.44. The maximum absolute atomic E-state index is 12.7. The molecule has 0 radical (unpaired) electrons. The Kier molecular flexibility index (Phi) is 5.47. The molecule has 6 nitrogen and oxygen atoms in total. The summed E-state index contributed by atoms with van der Waals surface area (Å²) in [7, 11) is 0. The standard InChI is InChI=1S/C18H31N3O3/c1-14(2)10-20-7-4-16(5-8-20)19-17(22)21-11-15(3)24-18(12-21)6-9-23-13-18/h15-16H,1,4-13H2,2-3H3,(H,19,22)/t15-,18+/m1/s1. The molecule has 1 spiro atoms. The molecule has 0 aromatic carbocycles. The Morgan fingerprint density at radius 3 is 2.75 bits per heavy atom. The highest BCUT2D eigenvalue weighted by atomic mass is 16.6. The molecule has 3 heterocycles. The van der Waals surface area contributed by atoms with Crippen molar-refractivity contribution in [1.29, 1.82) is 0 Å². The van der Waals surface area contributed by atoms with E-state index < -0.39 is 0 Å². The number of likely N-dealkylation sites (tertiary alicyclic amines) is 1. The summed E-state index contributed by atoms with van der Waals surface area (Å²) in [4.78, 5) is 17.0. The van der Waals surface area contributed by atoms with E-state index in [4.69, 9.17) is 9.47 Å². The van der Waals surface area contributed by atoms with E-state index in [0.29, 0.717) is 19.7 Å². The lowest BCUT2D eigenvalue weighted by Gasteiger charge is -2.43. The van der Waals surface area contributed by atoms with E-state index in [9.17, 15) is 4.79 Å². The Labute approximate surface area is 145 Å². The molecule has 3 aliphatic heterocycles. The van der Waals surface area contributed by atoms with Gasteiger partial charge in [-0.2, -0.15) is 0 Å². The number of hydrogen-bond acceptors (Lipinski definition) is 4. The number of ether oxygens (including phenoxy) is 2. The molecule has 24 heavy (non-hydrogen) atoms. The van der Waals surface area contributed by atoms with Gasteiger partial charge < -0.3 is 19.7 Å². The molecular formula is C18H31N3O3. The number of carbonyl (C=O) groups is 1. The second-order valence-electron chi connectivity index (χ2n) is 7.75. The molecule has 3 aliphatic rings. The monoisotopic (exact) mass is 337 g/mol. The third-order valence-corrected chi connectivity index (χ3v) is 5.17. The van der Waals surface area contributed by atoms with Gasteiger partial charge in [-0.15, -0.1) is 0 Å². The van der Waals surface area contributed by atoms with Crippen molar-refractivity contribution in [2.24, 2.45) is 0 Å². The Morgan fingerprint density at radius 2 is 2.12 bits per heavy atom. The van der Waals surface area contributed by atoms with E-state index in [-0.39, 0.29) is 23.8 Å². The molecule has 0 saturated carbocycles. The van der Waals surface area contributed by atoms with Crippen LogP contribution in [0.3, 0.4) is 0 Å². The molecule has 0 aromatic heterocycles. The van der Waals surface area contributed by atoms with Gasteiger partial charge in [-0.25, -0.2) is 4.79 Å². The topological polar surface area (TPSA) is 54.0 Å². The molecule has 136 valence electrons. The van der Waals surface area contributed by atoms with Gasteiger partial charge in [0.15, 0.2) is 0 Å². The zero-order valence-corrected chi connectivity index (χ0v) is 15.1. The average Bonchev–Trinajstić information content (AvgIpc) is 2.95. The number of urea groups is 1. The summed E-state index contributed by atoms with van der Waals surface area (Å²) in [6, 6.07) is 0.322. The summed E-state index contributed by atoms with van der Waals surface area (Å²) in [6.45, 7) is 13.7. The van der Waals surface area contributed by atoms with E-state index in [1.54, 1.807) is 0 Å². The van der Waals surface area contributed by atoms with Crippen LogP contribution in [0.25, 0.3) is 0 Å². The summed E-state index contributed by atoms with van der Waals surface area (Å²) in [6.07, 6.45) is 2.95. The average molecular weight is 337 g/mol. The van der Waals surface area contributed by atoms with Crippen LogP contribution in [0.15, 0.2) is 12.2 Å². The van der Waals surface area contributed by atoms with E-state index in [0.717, 1.165) is 45.5 Å². The molecule has 3 fully saturated rings. The number of hydrogen-bond donors (Lipinski definition) is 1. The largest absolute Gasteiger partial charge is 0.378 e. The maximum Gasteiger partial charge on any atom is 0.317 e. The van der Waals surface area contributed by atoms with Crippen molar-refractivity contribution in [1.82, 2.24) is 15.1 Å². The molecular weight excluding hydrogens is 306 g/mol. The van der Waals surface area contributed by atoms with Gasteiger partial charge in [-0.1, -0.05) is 12.2 Å². The normalized spacial score (nSPS) is 32.2. The first kappa shape index (κ1) is 17.7. The van der Waals surface area contributed by atoms with Gasteiger partial charge in [0.1, 0.15) is 5.60 Å². The van der Waals surface area contributed by atoms with Gasteiger partial charge >= 0.3 is 6.03 Å². The fourth-order valence-electron chi connectivity index (χ4n) is 4.07. The van der Waals surface area contributed by atoms with E-state index >= 15 is 0 Å². The number of nitrogens with zero attached hydrogens (tertiary/aromatic N) is 2. The van der Waals surface area contributed by atoms with E-state index in [2.05, 4.69) is 23.7 Å². The fourth-order valence-corrected chi connectivity index (χ4v) is 4.07. The Bertz CT molecular complexity index is 468. The molecule has 2 amide bonds. The molecule has 1 N–H and O–H groups in total. The highest BCUT2D eigenvalue weighted by Crippen LogP contribution is 2.30. The van der Waals surface area contributed by atoms with Gasteiger partial charge in [0.05, 0.1) is 19.3 Å². The molecule has 0 bridgehead atoms. The van der Waals surface area contributed by atoms with Gasteiger partial charge in [0, 0.05) is 45.2 Å². The number of morpholine rings is 1. The summed E-state index contributed by atoms with van der Waals surface area (Å²) < 4.78 is 11.6. The molecule has 0 aliphatic carbocycles. The van der Waals surface area contributed by atoms with E-state index in [1.165, 1.54) is 5.57 Å². The van der Waals surface area contributed by atoms with Crippen molar-refractivity contribution < 1.29 is 14.3 Å². The predicted molar refractivity (Wildman–Crippen MR) is 93.1 cm³/mol. The minimum absolute atomic E-state index is 0.0507. The third-order valence-electron chi connectivity index (χ3n) is 5.17. The molecule has 0 unspecified atom stereocenters. The summed E-state index contributed by atoms with van der Waals surface area (Å²) in [5, 5.41) is 3.23. The number of amides is 2. The number of rotatable bonds is 3. The van der Waals surface area contributed by atoms with Crippen molar-refractivity contribution >= 4 is 6.03 Å². The third kappa shape index (κ3) is 4.29. The lowest BCUT2D eigenvalue weighted by molar-refractivity contribution is -0.137. The van der Waals surface area contributed by atoms with Crippen LogP contribution in [0.5, 0.6) is 0 Å². The smallest absolute Gasteiger partial charge is 0.317 e. The second kappa shape index (κ2) is 7.42. The van der Waals surface area contributed by atoms with Crippen LogP contribution in [0.2, 0.25) is 0 Å². The lowest BCUT2D eigenvalue weighted by atomic mass is 9.99. The summed E-state index contributed by atoms with van der Waals surface area (Å²) in [5.74, 6) is 0.